The van der Waals surface area contributed by atoms with Crippen molar-refractivity contribution in [3.05, 3.63) is 29.8 Å². The van der Waals surface area contributed by atoms with Crippen LogP contribution in [0.3, 0.4) is 0 Å². The maximum atomic E-state index is 13.3. The highest BCUT2D eigenvalue weighted by Gasteiger charge is 2.37. The fraction of sp³-hybridized carbons (Fsp3) is 0.429. The van der Waals surface area contributed by atoms with Crippen molar-refractivity contribution in [1.29, 1.82) is 0 Å². The van der Waals surface area contributed by atoms with Gasteiger partial charge in [0.1, 0.15) is 12.0 Å². The lowest BCUT2D eigenvalue weighted by Crippen LogP contribution is -2.38. The number of rotatable bonds is 6. The molecule has 0 amide bonds. The van der Waals surface area contributed by atoms with Gasteiger partial charge in [0, 0.05) is 0 Å². The lowest BCUT2D eigenvalue weighted by Gasteiger charge is -2.20. The molecule has 0 unspecified atom stereocenters. The fourth-order valence-corrected chi connectivity index (χ4v) is 1.34. The molecule has 0 N–H and O–H groups in total. The summed E-state index contributed by atoms with van der Waals surface area (Å²) in [6.45, 7) is 4.00. The van der Waals surface area contributed by atoms with E-state index in [1.165, 1.54) is 26.0 Å². The summed E-state index contributed by atoms with van der Waals surface area (Å²) in [5.41, 5.74) is -1.40. The molecule has 0 heterocycles. The highest BCUT2D eigenvalue weighted by atomic mass is 19.2. The minimum atomic E-state index is -1.40. The SMILES string of the molecule is CCOC(=O)C(C)(C)C(=O)COc1cccc(F)c1F. The Morgan fingerprint density at radius 3 is 2.50 bits per heavy atom. The van der Waals surface area contributed by atoms with E-state index in [1.54, 1.807) is 6.92 Å². The average molecular weight is 286 g/mol. The van der Waals surface area contributed by atoms with E-state index in [-0.39, 0.29) is 12.4 Å². The predicted molar refractivity (Wildman–Crippen MR) is 67.3 cm³/mol. The molecule has 20 heavy (non-hydrogen) atoms. The van der Waals surface area contributed by atoms with Crippen LogP contribution in [0.15, 0.2) is 18.2 Å². The molecular weight excluding hydrogens is 270 g/mol. The minimum absolute atomic E-state index is 0.148. The molecule has 1 aromatic rings. The van der Waals surface area contributed by atoms with E-state index in [0.717, 1.165) is 6.07 Å². The van der Waals surface area contributed by atoms with Gasteiger partial charge in [0.2, 0.25) is 5.82 Å². The molecule has 0 aliphatic rings. The molecule has 0 saturated heterocycles. The second-order valence-electron chi connectivity index (χ2n) is 4.61. The van der Waals surface area contributed by atoms with Gasteiger partial charge in [0.05, 0.1) is 6.61 Å². The zero-order valence-corrected chi connectivity index (χ0v) is 11.5. The number of carbonyl (C=O) groups is 2. The topological polar surface area (TPSA) is 52.6 Å². The number of esters is 1. The lowest BCUT2D eigenvalue weighted by molar-refractivity contribution is -0.158. The average Bonchev–Trinajstić information content (AvgIpc) is 2.40. The Labute approximate surface area is 115 Å². The maximum absolute atomic E-state index is 13.3. The molecule has 0 fully saturated rings. The molecule has 1 rings (SSSR count). The van der Waals surface area contributed by atoms with Crippen LogP contribution in [0.2, 0.25) is 0 Å². The predicted octanol–water partition coefficient (Wildman–Crippen LogP) is 2.50. The van der Waals surface area contributed by atoms with Crippen LogP contribution in [-0.4, -0.2) is 25.0 Å². The number of ether oxygens (including phenoxy) is 2. The fourth-order valence-electron chi connectivity index (χ4n) is 1.34. The Balaban J connectivity index is 2.72. The van der Waals surface area contributed by atoms with Crippen molar-refractivity contribution in [2.24, 2.45) is 5.41 Å². The second kappa shape index (κ2) is 6.45. The van der Waals surface area contributed by atoms with Crippen LogP contribution in [0.5, 0.6) is 5.75 Å². The first-order chi connectivity index (χ1) is 9.30. The van der Waals surface area contributed by atoms with E-state index in [4.69, 9.17) is 9.47 Å². The van der Waals surface area contributed by atoms with E-state index < -0.39 is 35.4 Å². The minimum Gasteiger partial charge on any atom is -0.483 e. The first-order valence-electron chi connectivity index (χ1n) is 6.08. The Bertz CT molecular complexity index is 512. The molecule has 0 aliphatic heterocycles. The standard InChI is InChI=1S/C14H16F2O4/c1-4-19-13(18)14(2,3)11(17)8-20-10-7-5-6-9(15)12(10)16/h5-7H,4,8H2,1-3H3. The van der Waals surface area contributed by atoms with Crippen molar-refractivity contribution >= 4 is 11.8 Å². The van der Waals surface area contributed by atoms with Crippen molar-refractivity contribution in [2.75, 3.05) is 13.2 Å². The summed E-state index contributed by atoms with van der Waals surface area (Å²) in [5.74, 6) is -3.89. The number of carbonyl (C=O) groups excluding carboxylic acids is 2. The number of benzene rings is 1. The summed E-state index contributed by atoms with van der Waals surface area (Å²) in [5, 5.41) is 0. The van der Waals surface area contributed by atoms with E-state index in [9.17, 15) is 18.4 Å². The second-order valence-corrected chi connectivity index (χ2v) is 4.61. The van der Waals surface area contributed by atoms with E-state index in [0.29, 0.717) is 0 Å². The molecule has 0 bridgehead atoms. The Hall–Kier alpha value is -1.98. The quantitative estimate of drug-likeness (QED) is 0.595. The van der Waals surface area contributed by atoms with Gasteiger partial charge in [0.25, 0.3) is 0 Å². The van der Waals surface area contributed by atoms with Crippen LogP contribution in [0, 0.1) is 17.0 Å². The first-order valence-corrected chi connectivity index (χ1v) is 6.08. The van der Waals surface area contributed by atoms with Gasteiger partial charge in [0.15, 0.2) is 17.3 Å². The van der Waals surface area contributed by atoms with E-state index >= 15 is 0 Å². The molecule has 0 atom stereocenters. The Morgan fingerprint density at radius 2 is 1.90 bits per heavy atom. The molecule has 0 saturated carbocycles. The van der Waals surface area contributed by atoms with Crippen molar-refractivity contribution in [1.82, 2.24) is 0 Å². The summed E-state index contributed by atoms with van der Waals surface area (Å²) in [6.07, 6.45) is 0. The maximum Gasteiger partial charge on any atom is 0.319 e. The van der Waals surface area contributed by atoms with E-state index in [2.05, 4.69) is 0 Å². The van der Waals surface area contributed by atoms with Crippen molar-refractivity contribution < 1.29 is 27.8 Å². The van der Waals surface area contributed by atoms with Crippen LogP contribution < -0.4 is 4.74 Å². The van der Waals surface area contributed by atoms with Gasteiger partial charge in [-0.1, -0.05) is 6.07 Å². The first kappa shape index (κ1) is 16.1. The van der Waals surface area contributed by atoms with Gasteiger partial charge in [-0.05, 0) is 32.9 Å². The molecule has 0 spiro atoms. The van der Waals surface area contributed by atoms with Gasteiger partial charge >= 0.3 is 5.97 Å². The zero-order valence-electron chi connectivity index (χ0n) is 11.5. The molecule has 0 aliphatic carbocycles. The lowest BCUT2D eigenvalue weighted by atomic mass is 9.88. The van der Waals surface area contributed by atoms with Crippen molar-refractivity contribution in [3.8, 4) is 5.75 Å². The molecule has 110 valence electrons. The third kappa shape index (κ3) is 3.53. The molecule has 4 nitrogen and oxygen atoms in total. The zero-order chi connectivity index (χ0) is 15.3. The normalized spacial score (nSPS) is 11.1. The molecular formula is C14H16F2O4. The summed E-state index contributed by atoms with van der Waals surface area (Å²) in [6, 6.07) is 3.39. The summed E-state index contributed by atoms with van der Waals surface area (Å²) in [4.78, 5) is 23.5. The molecule has 0 radical (unpaired) electrons. The molecule has 1 aromatic carbocycles. The van der Waals surface area contributed by atoms with Crippen LogP contribution in [-0.2, 0) is 14.3 Å². The summed E-state index contributed by atoms with van der Waals surface area (Å²) < 4.78 is 36.0. The van der Waals surface area contributed by atoms with Crippen LogP contribution in [0.1, 0.15) is 20.8 Å². The number of hydrogen-bond donors (Lipinski definition) is 0. The summed E-state index contributed by atoms with van der Waals surface area (Å²) >= 11 is 0. The van der Waals surface area contributed by atoms with Crippen molar-refractivity contribution in [2.45, 2.75) is 20.8 Å². The van der Waals surface area contributed by atoms with Crippen LogP contribution >= 0.6 is 0 Å². The summed E-state index contributed by atoms with van der Waals surface area (Å²) in [7, 11) is 0. The monoisotopic (exact) mass is 286 g/mol. The molecule has 6 heteroatoms. The van der Waals surface area contributed by atoms with E-state index in [1.807, 2.05) is 0 Å². The van der Waals surface area contributed by atoms with Gasteiger partial charge < -0.3 is 9.47 Å². The van der Waals surface area contributed by atoms with Crippen LogP contribution in [0.4, 0.5) is 8.78 Å². The number of Topliss-reactive ketones (excluding diaryl/α,β-unsaturated/α-hetero) is 1. The smallest absolute Gasteiger partial charge is 0.319 e. The number of ketones is 1. The number of hydrogen-bond acceptors (Lipinski definition) is 4. The Morgan fingerprint density at radius 1 is 1.25 bits per heavy atom. The number of halogens is 2. The van der Waals surface area contributed by atoms with Gasteiger partial charge in [-0.3, -0.25) is 9.59 Å². The highest BCUT2D eigenvalue weighted by molar-refractivity contribution is 6.03. The van der Waals surface area contributed by atoms with Crippen LogP contribution in [0.25, 0.3) is 0 Å². The Kier molecular flexibility index (Phi) is 5.19. The third-order valence-electron chi connectivity index (χ3n) is 2.76. The van der Waals surface area contributed by atoms with Gasteiger partial charge in [-0.2, -0.15) is 4.39 Å². The van der Waals surface area contributed by atoms with Gasteiger partial charge in [-0.15, -0.1) is 0 Å². The third-order valence-corrected chi connectivity index (χ3v) is 2.76. The van der Waals surface area contributed by atoms with Crippen molar-refractivity contribution in [3.63, 3.8) is 0 Å². The van der Waals surface area contributed by atoms with Gasteiger partial charge in [-0.25, -0.2) is 4.39 Å². The highest BCUT2D eigenvalue weighted by Crippen LogP contribution is 2.22. The molecule has 0 aromatic heterocycles. The largest absolute Gasteiger partial charge is 0.483 e.